The van der Waals surface area contributed by atoms with Crippen LogP contribution >= 0.6 is 0 Å². The summed E-state index contributed by atoms with van der Waals surface area (Å²) < 4.78 is 38.7. The Labute approximate surface area is 179 Å². The Morgan fingerprint density at radius 2 is 1.90 bits per heavy atom. The highest BCUT2D eigenvalue weighted by Crippen LogP contribution is 2.60. The molecule has 5 rings (SSSR count). The van der Waals surface area contributed by atoms with E-state index in [1.807, 2.05) is 6.19 Å². The molecule has 0 saturated heterocycles. The Hall–Kier alpha value is -2.63. The van der Waals surface area contributed by atoms with Gasteiger partial charge in [-0.25, -0.2) is 0 Å². The molecular weight excluding hydrogens is 407 g/mol. The molecule has 1 aromatic heterocycles. The zero-order chi connectivity index (χ0) is 22.6. The number of nitrogens with two attached hydrogens (primary N) is 1. The number of hydrogen-bond acceptors (Lipinski definition) is 4. The van der Waals surface area contributed by atoms with E-state index < -0.39 is 22.6 Å². The van der Waals surface area contributed by atoms with Crippen LogP contribution in [0, 0.1) is 34.6 Å². The summed E-state index contributed by atoms with van der Waals surface area (Å²) in [6, 6.07) is 2.37. The Morgan fingerprint density at radius 1 is 1.26 bits per heavy atom. The molecule has 0 spiro atoms. The molecule has 4 bridgehead atoms. The fourth-order valence-corrected chi connectivity index (χ4v) is 6.17. The van der Waals surface area contributed by atoms with Crippen molar-refractivity contribution in [3.05, 3.63) is 29.6 Å². The number of carbonyl (C=O) groups is 1. The third kappa shape index (κ3) is 3.66. The molecule has 0 aromatic carbocycles. The molecular formula is C22H26F3N5O. The van der Waals surface area contributed by atoms with Crippen molar-refractivity contribution in [1.82, 2.24) is 10.3 Å². The number of primary amides is 1. The molecule has 1 heterocycles. The lowest BCUT2D eigenvalue weighted by atomic mass is 9.47. The number of pyridine rings is 1. The minimum atomic E-state index is -4.46. The van der Waals surface area contributed by atoms with Gasteiger partial charge in [0.05, 0.1) is 16.7 Å². The van der Waals surface area contributed by atoms with Crippen LogP contribution in [0.2, 0.25) is 0 Å². The van der Waals surface area contributed by atoms with Crippen LogP contribution in [0.1, 0.15) is 57.2 Å². The summed E-state index contributed by atoms with van der Waals surface area (Å²) in [5.74, 6) is 1.15. The van der Waals surface area contributed by atoms with Crippen LogP contribution in [0.3, 0.4) is 0 Å². The number of amides is 1. The Bertz CT molecular complexity index is 931. The highest BCUT2D eigenvalue weighted by molar-refractivity contribution is 5.93. The zero-order valence-corrected chi connectivity index (χ0v) is 17.5. The maximum Gasteiger partial charge on any atom is 0.417 e. The summed E-state index contributed by atoms with van der Waals surface area (Å²) in [5, 5.41) is 12.7. The zero-order valence-electron chi connectivity index (χ0n) is 17.5. The summed E-state index contributed by atoms with van der Waals surface area (Å²) in [4.78, 5) is 20.2. The van der Waals surface area contributed by atoms with Gasteiger partial charge in [-0.05, 0) is 75.8 Å². The van der Waals surface area contributed by atoms with Gasteiger partial charge >= 0.3 is 6.18 Å². The Morgan fingerprint density at radius 3 is 2.39 bits per heavy atom. The van der Waals surface area contributed by atoms with E-state index in [-0.39, 0.29) is 23.8 Å². The number of hydrogen-bond donors (Lipinski definition) is 2. The first-order chi connectivity index (χ1) is 14.5. The van der Waals surface area contributed by atoms with Crippen molar-refractivity contribution < 1.29 is 18.0 Å². The number of carbonyl (C=O) groups excluding carboxylic acids is 1. The van der Waals surface area contributed by atoms with E-state index in [0.717, 1.165) is 44.4 Å². The summed E-state index contributed by atoms with van der Waals surface area (Å²) in [7, 11) is 0. The van der Waals surface area contributed by atoms with Gasteiger partial charge in [0.2, 0.25) is 12.1 Å². The molecule has 0 radical (unpaired) electrons. The van der Waals surface area contributed by atoms with Gasteiger partial charge in [0.1, 0.15) is 5.84 Å². The number of nitrogens with zero attached hydrogens (tertiary/aromatic N) is 3. The molecule has 4 aliphatic rings. The molecule has 1 amide bonds. The Kier molecular flexibility index (Phi) is 5.02. The molecule has 166 valence electrons. The predicted molar refractivity (Wildman–Crippen MR) is 107 cm³/mol. The number of amidine groups is 1. The number of nitriles is 1. The van der Waals surface area contributed by atoms with Gasteiger partial charge in [-0.1, -0.05) is 0 Å². The van der Waals surface area contributed by atoms with E-state index in [2.05, 4.69) is 15.3 Å². The first-order valence-corrected chi connectivity index (χ1v) is 10.5. The van der Waals surface area contributed by atoms with Gasteiger partial charge in [0, 0.05) is 17.7 Å². The molecule has 4 aliphatic carbocycles. The van der Waals surface area contributed by atoms with Gasteiger partial charge in [-0.3, -0.25) is 9.78 Å². The van der Waals surface area contributed by atoms with E-state index in [0.29, 0.717) is 17.4 Å². The standard InChI is InChI=1S/C22H26F3N5O/c1-20(2,16-4-3-15(10-28-16)22(23,24)25)19(29-11-26)30-17-13-5-12-6-14(17)9-21(7-12,8-13)18(27)31/h3-4,10,12-14,17H,5-9H2,1-2H3,(H2,27,31)(H,29,30). The van der Waals surface area contributed by atoms with E-state index in [4.69, 9.17) is 5.73 Å². The number of nitrogens with one attached hydrogen (secondary N) is 1. The van der Waals surface area contributed by atoms with Crippen LogP contribution in [0.15, 0.2) is 23.3 Å². The highest BCUT2D eigenvalue weighted by atomic mass is 19.4. The molecule has 9 heteroatoms. The molecule has 1 aromatic rings. The second kappa shape index (κ2) is 7.21. The molecule has 2 atom stereocenters. The van der Waals surface area contributed by atoms with Crippen molar-refractivity contribution in [1.29, 1.82) is 5.26 Å². The van der Waals surface area contributed by atoms with Crippen molar-refractivity contribution >= 4 is 11.7 Å². The van der Waals surface area contributed by atoms with E-state index in [1.165, 1.54) is 6.07 Å². The number of aliphatic imine (C=N–C) groups is 1. The number of alkyl halides is 3. The monoisotopic (exact) mass is 433 g/mol. The second-order valence-corrected chi connectivity index (χ2v) is 9.90. The quantitative estimate of drug-likeness (QED) is 0.431. The van der Waals surface area contributed by atoms with Crippen LogP contribution in [0.5, 0.6) is 0 Å². The molecule has 6 nitrogen and oxygen atoms in total. The van der Waals surface area contributed by atoms with Crippen LogP contribution in [-0.4, -0.2) is 22.8 Å². The number of halogens is 3. The predicted octanol–water partition coefficient (Wildman–Crippen LogP) is 3.53. The van der Waals surface area contributed by atoms with Crippen molar-refractivity contribution in [2.45, 2.75) is 63.6 Å². The first kappa shape index (κ1) is 21.6. The van der Waals surface area contributed by atoms with Gasteiger partial charge in [0.15, 0.2) is 0 Å². The SMILES string of the molecule is CC(C)(/C(=N\C#N)NC1C2CC3CC1CC(C(N)=O)(C3)C2)c1ccc(C(F)(F)F)cn1. The Balaban J connectivity index is 1.58. The topological polar surface area (TPSA) is 104 Å². The normalized spacial score (nSPS) is 32.6. The lowest BCUT2D eigenvalue weighted by molar-refractivity contribution is -0.145. The van der Waals surface area contributed by atoms with Gasteiger partial charge in [-0.15, -0.1) is 0 Å². The van der Waals surface area contributed by atoms with Crippen LogP contribution < -0.4 is 11.1 Å². The average molecular weight is 433 g/mol. The van der Waals surface area contributed by atoms with Crippen LogP contribution in [-0.2, 0) is 16.4 Å². The van der Waals surface area contributed by atoms with Crippen molar-refractivity contribution in [3.8, 4) is 6.19 Å². The van der Waals surface area contributed by atoms with Crippen molar-refractivity contribution in [3.63, 3.8) is 0 Å². The third-order valence-electron chi connectivity index (χ3n) is 7.58. The smallest absolute Gasteiger partial charge is 0.369 e. The van der Waals surface area contributed by atoms with Gasteiger partial charge < -0.3 is 11.1 Å². The summed E-state index contributed by atoms with van der Waals surface area (Å²) in [6.45, 7) is 3.57. The summed E-state index contributed by atoms with van der Waals surface area (Å²) >= 11 is 0. The van der Waals surface area contributed by atoms with E-state index in [1.54, 1.807) is 13.8 Å². The molecule has 4 fully saturated rings. The van der Waals surface area contributed by atoms with Gasteiger partial charge in [0.25, 0.3) is 0 Å². The van der Waals surface area contributed by atoms with Crippen LogP contribution in [0.4, 0.5) is 13.2 Å². The number of aromatic nitrogens is 1. The largest absolute Gasteiger partial charge is 0.417 e. The third-order valence-corrected chi connectivity index (χ3v) is 7.58. The molecule has 0 aliphatic heterocycles. The first-order valence-electron chi connectivity index (χ1n) is 10.5. The highest BCUT2D eigenvalue weighted by Gasteiger charge is 2.58. The lowest BCUT2D eigenvalue weighted by Crippen LogP contribution is -2.63. The van der Waals surface area contributed by atoms with Crippen molar-refractivity contribution in [2.24, 2.45) is 33.9 Å². The molecule has 3 N–H and O–H groups in total. The lowest BCUT2D eigenvalue weighted by Gasteiger charge is -2.59. The molecule has 31 heavy (non-hydrogen) atoms. The summed E-state index contributed by atoms with van der Waals surface area (Å²) in [5.41, 5.74) is 4.01. The molecule has 4 saturated carbocycles. The minimum absolute atomic E-state index is 0.0462. The maximum atomic E-state index is 12.9. The van der Waals surface area contributed by atoms with Crippen LogP contribution in [0.25, 0.3) is 0 Å². The van der Waals surface area contributed by atoms with E-state index >= 15 is 0 Å². The minimum Gasteiger partial charge on any atom is -0.369 e. The fourth-order valence-electron chi connectivity index (χ4n) is 6.17. The average Bonchev–Trinajstić information content (AvgIpc) is 2.68. The maximum absolute atomic E-state index is 12.9. The summed E-state index contributed by atoms with van der Waals surface area (Å²) in [6.07, 6.45) is 2.49. The van der Waals surface area contributed by atoms with Gasteiger partial charge in [-0.2, -0.15) is 23.4 Å². The molecule has 2 unspecified atom stereocenters. The fraction of sp³-hybridized carbons (Fsp3) is 0.636. The van der Waals surface area contributed by atoms with E-state index in [9.17, 15) is 23.2 Å². The number of rotatable bonds is 4. The van der Waals surface area contributed by atoms with Crippen molar-refractivity contribution in [2.75, 3.05) is 0 Å². The second-order valence-electron chi connectivity index (χ2n) is 9.90.